The highest BCUT2D eigenvalue weighted by molar-refractivity contribution is 5.37. The van der Waals surface area contributed by atoms with Gasteiger partial charge in [0.25, 0.3) is 0 Å². The van der Waals surface area contributed by atoms with Gasteiger partial charge in [0.15, 0.2) is 11.6 Å². The Morgan fingerprint density at radius 3 is 2.95 bits per heavy atom. The number of anilines is 1. The molecule has 0 saturated heterocycles. The van der Waals surface area contributed by atoms with Crippen LogP contribution in [-0.4, -0.2) is 31.2 Å². The molecule has 0 aliphatic carbocycles. The van der Waals surface area contributed by atoms with Crippen LogP contribution in [0.25, 0.3) is 0 Å². The van der Waals surface area contributed by atoms with Crippen molar-refractivity contribution in [3.63, 3.8) is 0 Å². The molecule has 8 nitrogen and oxygen atoms in total. The van der Waals surface area contributed by atoms with Gasteiger partial charge < -0.3 is 5.32 Å². The standard InChI is InChI=1S/C11H13FN6O2/c1-2-9-10(12)11(15-7-14-9)13-3-4-17-6-8(5-16-17)18(19)20/h5-7H,2-4H2,1H3,(H,13,14,15). The van der Waals surface area contributed by atoms with Crippen LogP contribution in [0.4, 0.5) is 15.9 Å². The molecule has 1 N–H and O–H groups in total. The van der Waals surface area contributed by atoms with E-state index in [1.54, 1.807) is 6.92 Å². The number of nitrogens with one attached hydrogen (secondary N) is 1. The molecule has 2 rings (SSSR count). The summed E-state index contributed by atoms with van der Waals surface area (Å²) in [5, 5.41) is 17.1. The van der Waals surface area contributed by atoms with Crippen LogP contribution < -0.4 is 5.32 Å². The van der Waals surface area contributed by atoms with Crippen molar-refractivity contribution in [2.24, 2.45) is 0 Å². The largest absolute Gasteiger partial charge is 0.366 e. The van der Waals surface area contributed by atoms with E-state index in [4.69, 9.17) is 0 Å². The first-order valence-electron chi connectivity index (χ1n) is 6.02. The van der Waals surface area contributed by atoms with Gasteiger partial charge >= 0.3 is 5.69 Å². The molecule has 2 aromatic heterocycles. The maximum atomic E-state index is 13.8. The molecule has 0 unspecified atom stereocenters. The molecule has 0 radical (unpaired) electrons. The molecule has 0 bridgehead atoms. The van der Waals surface area contributed by atoms with E-state index in [-0.39, 0.29) is 11.5 Å². The third-order valence-electron chi connectivity index (χ3n) is 2.66. The fourth-order valence-electron chi connectivity index (χ4n) is 1.63. The molecule has 106 valence electrons. The Morgan fingerprint density at radius 2 is 2.30 bits per heavy atom. The Kier molecular flexibility index (Phi) is 4.18. The Morgan fingerprint density at radius 1 is 1.50 bits per heavy atom. The predicted molar refractivity (Wildman–Crippen MR) is 68.7 cm³/mol. The van der Waals surface area contributed by atoms with Crippen molar-refractivity contribution >= 4 is 11.5 Å². The van der Waals surface area contributed by atoms with Crippen molar-refractivity contribution < 1.29 is 9.31 Å². The lowest BCUT2D eigenvalue weighted by molar-refractivity contribution is -0.385. The van der Waals surface area contributed by atoms with E-state index in [2.05, 4.69) is 20.4 Å². The molecule has 0 atom stereocenters. The van der Waals surface area contributed by atoms with Crippen LogP contribution in [0.5, 0.6) is 0 Å². The number of halogens is 1. The van der Waals surface area contributed by atoms with Crippen LogP contribution in [0, 0.1) is 15.9 Å². The molecule has 0 spiro atoms. The normalized spacial score (nSPS) is 10.5. The quantitative estimate of drug-likeness (QED) is 0.634. The van der Waals surface area contributed by atoms with Gasteiger partial charge in [-0.1, -0.05) is 6.92 Å². The summed E-state index contributed by atoms with van der Waals surface area (Å²) < 4.78 is 15.2. The Balaban J connectivity index is 1.94. The van der Waals surface area contributed by atoms with Crippen LogP contribution in [0.3, 0.4) is 0 Å². The fourth-order valence-corrected chi connectivity index (χ4v) is 1.63. The van der Waals surface area contributed by atoms with Gasteiger partial charge in [0.1, 0.15) is 18.7 Å². The van der Waals surface area contributed by atoms with Crippen LogP contribution in [0.15, 0.2) is 18.7 Å². The number of nitrogens with zero attached hydrogens (tertiary/aromatic N) is 5. The van der Waals surface area contributed by atoms with Gasteiger partial charge in [-0.3, -0.25) is 14.8 Å². The van der Waals surface area contributed by atoms with Gasteiger partial charge in [-0.15, -0.1) is 0 Å². The second-order valence-corrected chi connectivity index (χ2v) is 3.98. The Labute approximate surface area is 113 Å². The first-order chi connectivity index (χ1) is 9.61. The SMILES string of the molecule is CCc1ncnc(NCCn2cc([N+](=O)[O-])cn2)c1F. The van der Waals surface area contributed by atoms with Crippen molar-refractivity contribution in [1.29, 1.82) is 0 Å². The number of hydrogen-bond acceptors (Lipinski definition) is 6. The summed E-state index contributed by atoms with van der Waals surface area (Å²) in [6, 6.07) is 0. The first kappa shape index (κ1) is 13.8. The summed E-state index contributed by atoms with van der Waals surface area (Å²) in [6.07, 6.45) is 4.26. The van der Waals surface area contributed by atoms with Crippen molar-refractivity contribution in [1.82, 2.24) is 19.7 Å². The molecule has 0 fully saturated rings. The summed E-state index contributed by atoms with van der Waals surface area (Å²) >= 11 is 0. The molecule has 20 heavy (non-hydrogen) atoms. The first-order valence-corrected chi connectivity index (χ1v) is 6.02. The minimum Gasteiger partial charge on any atom is -0.366 e. The molecule has 2 aromatic rings. The van der Waals surface area contributed by atoms with E-state index in [9.17, 15) is 14.5 Å². The van der Waals surface area contributed by atoms with Crippen LogP contribution in [0.1, 0.15) is 12.6 Å². The van der Waals surface area contributed by atoms with Gasteiger partial charge in [-0.05, 0) is 6.42 Å². The summed E-state index contributed by atoms with van der Waals surface area (Å²) in [5.74, 6) is -0.347. The molecule has 0 amide bonds. The van der Waals surface area contributed by atoms with Crippen LogP contribution >= 0.6 is 0 Å². The van der Waals surface area contributed by atoms with Gasteiger partial charge in [0.05, 0.1) is 17.2 Å². The topological polar surface area (TPSA) is 98.8 Å². The van der Waals surface area contributed by atoms with Crippen molar-refractivity contribution in [3.05, 3.63) is 40.3 Å². The summed E-state index contributed by atoms with van der Waals surface area (Å²) in [5.41, 5.74) is 0.267. The average molecular weight is 280 g/mol. The lowest BCUT2D eigenvalue weighted by Gasteiger charge is -2.07. The molecule has 2 heterocycles. The highest BCUT2D eigenvalue weighted by Gasteiger charge is 2.10. The summed E-state index contributed by atoms with van der Waals surface area (Å²) in [7, 11) is 0. The molecular weight excluding hydrogens is 267 g/mol. The molecule has 0 aromatic carbocycles. The highest BCUT2D eigenvalue weighted by Crippen LogP contribution is 2.13. The predicted octanol–water partition coefficient (Wildman–Crippen LogP) is 1.39. The van der Waals surface area contributed by atoms with Crippen molar-refractivity contribution in [2.75, 3.05) is 11.9 Å². The summed E-state index contributed by atoms with van der Waals surface area (Å²) in [4.78, 5) is 17.6. The Bertz CT molecular complexity index is 615. The van der Waals surface area contributed by atoms with Gasteiger partial charge in [-0.25, -0.2) is 14.4 Å². The highest BCUT2D eigenvalue weighted by atomic mass is 19.1. The van der Waals surface area contributed by atoms with Gasteiger partial charge in [0.2, 0.25) is 0 Å². The van der Waals surface area contributed by atoms with E-state index >= 15 is 0 Å². The van der Waals surface area contributed by atoms with Gasteiger partial charge in [0, 0.05) is 6.54 Å². The molecule has 0 aliphatic heterocycles. The lowest BCUT2D eigenvalue weighted by Crippen LogP contribution is -2.13. The maximum absolute atomic E-state index is 13.8. The monoisotopic (exact) mass is 280 g/mol. The minimum absolute atomic E-state index is 0.0773. The second kappa shape index (κ2) is 6.04. The lowest BCUT2D eigenvalue weighted by atomic mass is 10.3. The third kappa shape index (κ3) is 3.05. The van der Waals surface area contributed by atoms with Crippen molar-refractivity contribution in [2.45, 2.75) is 19.9 Å². The van der Waals surface area contributed by atoms with Crippen LogP contribution in [-0.2, 0) is 13.0 Å². The van der Waals surface area contributed by atoms with Crippen molar-refractivity contribution in [3.8, 4) is 0 Å². The average Bonchev–Trinajstić information content (AvgIpc) is 2.90. The maximum Gasteiger partial charge on any atom is 0.306 e. The number of aryl methyl sites for hydroxylation is 1. The zero-order valence-corrected chi connectivity index (χ0v) is 10.8. The van der Waals surface area contributed by atoms with E-state index in [0.29, 0.717) is 25.2 Å². The van der Waals surface area contributed by atoms with Gasteiger partial charge in [-0.2, -0.15) is 5.10 Å². The fraction of sp³-hybridized carbons (Fsp3) is 0.364. The number of rotatable bonds is 6. The zero-order chi connectivity index (χ0) is 14.5. The van der Waals surface area contributed by atoms with E-state index in [0.717, 1.165) is 0 Å². The molecule has 9 heteroatoms. The molecular formula is C11H13FN6O2. The van der Waals surface area contributed by atoms with Crippen LogP contribution in [0.2, 0.25) is 0 Å². The molecule has 0 aliphatic rings. The Hall–Kier alpha value is -2.58. The molecule has 0 saturated carbocycles. The zero-order valence-electron chi connectivity index (χ0n) is 10.8. The smallest absolute Gasteiger partial charge is 0.306 e. The number of nitro groups is 1. The third-order valence-corrected chi connectivity index (χ3v) is 2.66. The second-order valence-electron chi connectivity index (χ2n) is 3.98. The van der Waals surface area contributed by atoms with E-state index in [1.165, 1.54) is 23.4 Å². The van der Waals surface area contributed by atoms with E-state index < -0.39 is 10.7 Å². The minimum atomic E-state index is -0.519. The number of aromatic nitrogens is 4. The number of hydrogen-bond donors (Lipinski definition) is 1. The summed E-state index contributed by atoms with van der Waals surface area (Å²) in [6.45, 7) is 2.51. The van der Waals surface area contributed by atoms with E-state index in [1.807, 2.05) is 0 Å².